The van der Waals surface area contributed by atoms with Gasteiger partial charge in [0, 0.05) is 12.3 Å². The van der Waals surface area contributed by atoms with Gasteiger partial charge in [-0.15, -0.1) is 0 Å². The first-order valence-electron chi connectivity index (χ1n) is 31.4. The number of rotatable bonds is 16. The van der Waals surface area contributed by atoms with E-state index in [-0.39, 0.29) is 135 Å². The summed E-state index contributed by atoms with van der Waals surface area (Å²) in [6.07, 6.45) is 24.5. The van der Waals surface area contributed by atoms with Crippen molar-refractivity contribution in [2.45, 2.75) is 351 Å². The molecule has 11 aliphatic carbocycles. The molecule has 2 aliphatic heterocycles. The van der Waals surface area contributed by atoms with Gasteiger partial charge in [-0.05, 0) is 251 Å². The van der Waals surface area contributed by atoms with Gasteiger partial charge < -0.3 is 33.5 Å². The summed E-state index contributed by atoms with van der Waals surface area (Å²) in [5.74, 6) is 3.67. The summed E-state index contributed by atoms with van der Waals surface area (Å²) in [7, 11) is 0. The SMILES string of the molecule is C.C.C.C.C.C.C.C.CCC(C)(C)C(=O)OC1(CC)C2CC3CC(C2)CC1C3.CCC(C)(C)C(=O)OC12CC3CC(CC(O)(C3)C1)C2.CCC(C)(C)C(=O)OCC(=O)OC1C2CC3CC(C2)C(=O)OC1C3.CCC1(OC(=O)C(C)(C)CC)CCCC1. The summed E-state index contributed by atoms with van der Waals surface area (Å²) >= 11 is 0. The standard InChI is InChI=1S/C18H26O6.C18H30O2.C16H26O3.C13H24O2.8CH4/c1-4-18(2,3)17(21)22-9-14(19)24-15-11-5-10-6-12(8-11)16(20)23-13(15)7-10;1-5-17(3,4)16(19)20-18(6-2)14-8-12-7-13(10-14)11-15(18)9-12;1-4-14(2,3)13(17)19-16-8-11-5-12(9-16)7-15(18,6-11)10-16;1-5-12(3,4)11(14)15-13(6-2)9-7-8-10-13;;;;;;;;/h10-13,15H,4-9H2,1-3H3;12-15H,5-11H2,1-4H3;11-12,18H,4-10H2,1-3H3;5-10H2,1-4H3;8*1H4. The molecular weight excluding hydrogens is 1080 g/mol. The van der Waals surface area contributed by atoms with Gasteiger partial charge >= 0.3 is 35.8 Å². The van der Waals surface area contributed by atoms with Crippen LogP contribution in [-0.2, 0) is 57.2 Å². The molecule has 0 aromatic heterocycles. The molecule has 0 radical (unpaired) electrons. The Bertz CT molecular complexity index is 2110. The van der Waals surface area contributed by atoms with Crippen LogP contribution in [0.4, 0.5) is 0 Å². The van der Waals surface area contributed by atoms with Gasteiger partial charge in [-0.3, -0.25) is 24.0 Å². The smallest absolute Gasteiger partial charge is 0.344 e. The van der Waals surface area contributed by atoms with Gasteiger partial charge in [0.15, 0.2) is 6.61 Å². The van der Waals surface area contributed by atoms with E-state index in [0.717, 1.165) is 108 Å². The lowest BCUT2D eigenvalue weighted by Crippen LogP contribution is -2.61. The van der Waals surface area contributed by atoms with Gasteiger partial charge in [0.25, 0.3) is 0 Å². The van der Waals surface area contributed by atoms with Crippen molar-refractivity contribution in [1.29, 1.82) is 0 Å². The van der Waals surface area contributed by atoms with E-state index in [4.69, 9.17) is 28.4 Å². The largest absolute Gasteiger partial charge is 0.459 e. The van der Waals surface area contributed by atoms with E-state index in [1.807, 2.05) is 62.3 Å². The molecule has 7 atom stereocenters. The maximum absolute atomic E-state index is 12.6. The molecule has 2 saturated heterocycles. The highest BCUT2D eigenvalue weighted by molar-refractivity contribution is 5.80. The molecule has 12 bridgehead atoms. The van der Waals surface area contributed by atoms with Crippen molar-refractivity contribution in [2.75, 3.05) is 6.61 Å². The predicted octanol–water partition coefficient (Wildman–Crippen LogP) is 18.6. The van der Waals surface area contributed by atoms with E-state index >= 15 is 0 Å². The van der Waals surface area contributed by atoms with Gasteiger partial charge in [0.1, 0.15) is 29.0 Å². The molecule has 13 rings (SSSR count). The van der Waals surface area contributed by atoms with Crippen molar-refractivity contribution in [3.63, 3.8) is 0 Å². The molecule has 0 aromatic rings. The first-order valence-corrected chi connectivity index (χ1v) is 31.4. The molecule has 508 valence electrons. The molecule has 2 heterocycles. The quantitative estimate of drug-likeness (QED) is 0.114. The Morgan fingerprint density at radius 1 is 0.512 bits per heavy atom. The summed E-state index contributed by atoms with van der Waals surface area (Å²) in [6, 6.07) is 0. The summed E-state index contributed by atoms with van der Waals surface area (Å²) < 4.78 is 34.2. The second-order valence-electron chi connectivity index (χ2n) is 29.6. The maximum Gasteiger partial charge on any atom is 0.344 e. The first kappa shape index (κ1) is 84.8. The van der Waals surface area contributed by atoms with E-state index in [0.29, 0.717) is 42.4 Å². The van der Waals surface area contributed by atoms with Crippen molar-refractivity contribution < 1.29 is 62.3 Å². The van der Waals surface area contributed by atoms with Crippen molar-refractivity contribution in [3.05, 3.63) is 0 Å². The highest BCUT2D eigenvalue weighted by Crippen LogP contribution is 2.62. The zero-order chi connectivity index (χ0) is 57.4. The maximum atomic E-state index is 12.6. The summed E-state index contributed by atoms with van der Waals surface area (Å²) in [4.78, 5) is 73.1. The van der Waals surface area contributed by atoms with Gasteiger partial charge in [-0.1, -0.05) is 101 Å². The van der Waals surface area contributed by atoms with Crippen molar-refractivity contribution in [2.24, 2.45) is 74.9 Å². The third-order valence-electron chi connectivity index (χ3n) is 22.3. The fourth-order valence-electron chi connectivity index (χ4n) is 16.1. The predicted molar refractivity (Wildman–Crippen MR) is 352 cm³/mol. The molecule has 0 aromatic carbocycles. The van der Waals surface area contributed by atoms with Crippen LogP contribution in [0.2, 0.25) is 0 Å². The average molecular weight is 1220 g/mol. The normalized spacial score (nSPS) is 32.9. The van der Waals surface area contributed by atoms with Gasteiger partial charge in [-0.2, -0.15) is 0 Å². The Morgan fingerprint density at radius 2 is 0.942 bits per heavy atom. The fraction of sp³-hybridized carbons (Fsp3) is 0.918. The van der Waals surface area contributed by atoms with E-state index in [1.54, 1.807) is 13.8 Å². The summed E-state index contributed by atoms with van der Waals surface area (Å²) in [5, 5.41) is 10.6. The number of carbonyl (C=O) groups excluding carboxylic acids is 6. The van der Waals surface area contributed by atoms with Gasteiger partial charge in [0.05, 0.1) is 33.2 Å². The molecule has 13 fully saturated rings. The molecule has 13 nitrogen and oxygen atoms in total. The van der Waals surface area contributed by atoms with Crippen LogP contribution < -0.4 is 0 Å². The number of fused-ring (bicyclic) bond motifs is 1. The van der Waals surface area contributed by atoms with Crippen LogP contribution in [0.15, 0.2) is 0 Å². The van der Waals surface area contributed by atoms with Crippen LogP contribution >= 0.6 is 0 Å². The molecule has 1 N–H and O–H groups in total. The van der Waals surface area contributed by atoms with Crippen LogP contribution in [0, 0.1) is 74.9 Å². The summed E-state index contributed by atoms with van der Waals surface area (Å²) in [6.45, 7) is 27.4. The molecule has 0 spiro atoms. The highest BCUT2D eigenvalue weighted by Gasteiger charge is 2.61. The molecular formula is C73H138O13. The number of aliphatic hydroxyl groups is 1. The Balaban J connectivity index is 0. The van der Waals surface area contributed by atoms with Crippen LogP contribution in [0.1, 0.15) is 317 Å². The van der Waals surface area contributed by atoms with E-state index in [1.165, 1.54) is 51.4 Å². The van der Waals surface area contributed by atoms with Crippen molar-refractivity contribution in [1.82, 2.24) is 0 Å². The van der Waals surface area contributed by atoms with Crippen molar-refractivity contribution in [3.8, 4) is 0 Å². The Hall–Kier alpha value is -3.22. The molecule has 13 heteroatoms. The third-order valence-corrected chi connectivity index (χ3v) is 22.3. The number of hydrogen-bond acceptors (Lipinski definition) is 13. The zero-order valence-electron chi connectivity index (χ0n) is 51.1. The monoisotopic (exact) mass is 1220 g/mol. The highest BCUT2D eigenvalue weighted by atomic mass is 16.6. The zero-order valence-corrected chi connectivity index (χ0v) is 51.1. The average Bonchev–Trinajstić information content (AvgIpc) is 1.62. The Morgan fingerprint density at radius 3 is 1.38 bits per heavy atom. The lowest BCUT2D eigenvalue weighted by Gasteiger charge is -2.60. The van der Waals surface area contributed by atoms with E-state index in [9.17, 15) is 33.9 Å². The number of ether oxygens (including phenoxy) is 6. The fourth-order valence-corrected chi connectivity index (χ4v) is 16.1. The van der Waals surface area contributed by atoms with Crippen LogP contribution in [-0.4, -0.2) is 82.1 Å². The topological polar surface area (TPSA) is 178 Å². The number of carbonyl (C=O) groups is 6. The lowest BCUT2D eigenvalue weighted by molar-refractivity contribution is -0.225. The van der Waals surface area contributed by atoms with E-state index < -0.39 is 34.5 Å². The Labute approximate surface area is 528 Å². The van der Waals surface area contributed by atoms with Crippen LogP contribution in [0.5, 0.6) is 0 Å². The molecule has 11 saturated carbocycles. The van der Waals surface area contributed by atoms with Crippen LogP contribution in [0.3, 0.4) is 0 Å². The minimum absolute atomic E-state index is 0. The molecule has 86 heavy (non-hydrogen) atoms. The van der Waals surface area contributed by atoms with E-state index in [2.05, 4.69) is 20.8 Å². The molecule has 0 amide bonds. The second-order valence-corrected chi connectivity index (χ2v) is 29.6. The summed E-state index contributed by atoms with van der Waals surface area (Å²) in [5.41, 5.74) is -2.87. The Kier molecular flexibility index (Phi) is 32.2. The third kappa shape index (κ3) is 18.7. The molecule has 7 unspecified atom stereocenters. The van der Waals surface area contributed by atoms with Crippen molar-refractivity contribution >= 4 is 35.8 Å². The van der Waals surface area contributed by atoms with Gasteiger partial charge in [0.2, 0.25) is 0 Å². The lowest BCUT2D eigenvalue weighted by atomic mass is 9.49. The second kappa shape index (κ2) is 32.7. The van der Waals surface area contributed by atoms with Crippen LogP contribution in [0.25, 0.3) is 0 Å². The number of esters is 6. The minimum atomic E-state index is -0.615. The number of hydrogen-bond donors (Lipinski definition) is 1. The minimum Gasteiger partial charge on any atom is -0.459 e. The molecule has 13 aliphatic rings. The first-order chi connectivity index (χ1) is 36.4. The van der Waals surface area contributed by atoms with Gasteiger partial charge in [-0.25, -0.2) is 4.79 Å².